The minimum atomic E-state index is -0.745. The van der Waals surface area contributed by atoms with Gasteiger partial charge < -0.3 is 0 Å². The summed E-state index contributed by atoms with van der Waals surface area (Å²) in [5, 5.41) is 7.62. The average molecular weight is 439 g/mol. The summed E-state index contributed by atoms with van der Waals surface area (Å²) in [7, 11) is -0.745. The van der Waals surface area contributed by atoms with Crippen molar-refractivity contribution in [2.45, 2.75) is 0 Å². The van der Waals surface area contributed by atoms with E-state index in [1.807, 2.05) is 0 Å². The lowest BCUT2D eigenvalue weighted by atomic mass is 10.00. The third-order valence-corrected chi connectivity index (χ3v) is 8.50. The molecule has 5 aromatic carbocycles. The molecule has 1 heterocycles. The number of para-hydroxylation sites is 1. The van der Waals surface area contributed by atoms with E-state index in [-0.39, 0.29) is 0 Å². The van der Waals surface area contributed by atoms with E-state index in [1.54, 1.807) is 0 Å². The summed E-state index contributed by atoms with van der Waals surface area (Å²) in [5.74, 6) is 0. The summed E-state index contributed by atoms with van der Waals surface area (Å²) in [6, 6.07) is 47.6. The molecule has 0 saturated heterocycles. The number of aromatic nitrogens is 1. The Balaban J connectivity index is 1.71. The predicted octanol–water partition coefficient (Wildman–Crippen LogP) is 6.81. The van der Waals surface area contributed by atoms with E-state index in [9.17, 15) is 0 Å². The molecule has 2 heteroatoms. The van der Waals surface area contributed by atoms with Crippen LogP contribution in [0.5, 0.6) is 0 Å². The number of benzene rings is 5. The van der Waals surface area contributed by atoms with Gasteiger partial charge >= 0.3 is 0 Å². The molecule has 1 aromatic heterocycles. The Morgan fingerprint density at radius 3 is 1.58 bits per heavy atom. The number of rotatable bonds is 4. The summed E-state index contributed by atoms with van der Waals surface area (Å²) < 4.78 is 0. The minimum absolute atomic E-state index is 0.745. The quantitative estimate of drug-likeness (QED) is 0.217. The fourth-order valence-corrected chi connectivity index (χ4v) is 6.95. The Labute approximate surface area is 195 Å². The Morgan fingerprint density at radius 1 is 0.424 bits per heavy atom. The molecule has 0 saturated carbocycles. The largest absolute Gasteiger partial charge is 0.246 e. The lowest BCUT2D eigenvalue weighted by Gasteiger charge is -2.21. The highest BCUT2D eigenvalue weighted by molar-refractivity contribution is 7.80. The fourth-order valence-electron chi connectivity index (χ4n) is 4.54. The van der Waals surface area contributed by atoms with Crippen LogP contribution in [0.15, 0.2) is 133 Å². The van der Waals surface area contributed by atoms with E-state index in [0.717, 1.165) is 16.8 Å². The van der Waals surface area contributed by atoms with Crippen molar-refractivity contribution in [3.05, 3.63) is 133 Å². The van der Waals surface area contributed by atoms with Gasteiger partial charge in [-0.3, -0.25) is 0 Å². The van der Waals surface area contributed by atoms with Gasteiger partial charge in [0.2, 0.25) is 0 Å². The van der Waals surface area contributed by atoms with Crippen LogP contribution < -0.4 is 15.9 Å². The zero-order valence-electron chi connectivity index (χ0n) is 18.1. The number of fused-ring (bicyclic) bond motifs is 3. The Bertz CT molecular complexity index is 1500. The Kier molecular flexibility index (Phi) is 5.19. The van der Waals surface area contributed by atoms with E-state index in [4.69, 9.17) is 4.98 Å². The first-order valence-electron chi connectivity index (χ1n) is 11.2. The molecule has 0 N–H and O–H groups in total. The lowest BCUT2D eigenvalue weighted by molar-refractivity contribution is 1.44. The highest BCUT2D eigenvalue weighted by Crippen LogP contribution is 2.38. The summed E-state index contributed by atoms with van der Waals surface area (Å²) in [5.41, 5.74) is 3.28. The van der Waals surface area contributed by atoms with Crippen molar-refractivity contribution in [2.24, 2.45) is 0 Å². The number of hydrogen-bond acceptors (Lipinski definition) is 1. The van der Waals surface area contributed by atoms with Gasteiger partial charge in [0.15, 0.2) is 0 Å². The van der Waals surface area contributed by atoms with E-state index >= 15 is 0 Å². The van der Waals surface area contributed by atoms with Crippen LogP contribution in [0.4, 0.5) is 0 Å². The van der Waals surface area contributed by atoms with Crippen molar-refractivity contribution >= 4 is 45.5 Å². The van der Waals surface area contributed by atoms with Crippen molar-refractivity contribution in [1.29, 1.82) is 0 Å². The van der Waals surface area contributed by atoms with E-state index in [2.05, 4.69) is 133 Å². The summed E-state index contributed by atoms with van der Waals surface area (Å²) in [6.07, 6.45) is 0. The fraction of sp³-hybridized carbons (Fsp3) is 0. The maximum atomic E-state index is 5.36. The van der Waals surface area contributed by atoms with Crippen LogP contribution in [0, 0.1) is 0 Å². The van der Waals surface area contributed by atoms with E-state index in [1.165, 1.54) is 32.1 Å². The smallest absolute Gasteiger partial charge is 0.0799 e. The first kappa shape index (κ1) is 19.9. The zero-order chi connectivity index (χ0) is 22.0. The van der Waals surface area contributed by atoms with Gasteiger partial charge in [-0.05, 0) is 23.9 Å². The first-order chi connectivity index (χ1) is 16.4. The molecule has 0 radical (unpaired) electrons. The summed E-state index contributed by atoms with van der Waals surface area (Å²) in [6.45, 7) is 0. The third kappa shape index (κ3) is 3.61. The number of pyridine rings is 1. The van der Waals surface area contributed by atoms with Crippen LogP contribution >= 0.6 is 7.92 Å². The van der Waals surface area contributed by atoms with Crippen LogP contribution in [0.3, 0.4) is 0 Å². The van der Waals surface area contributed by atoms with Crippen LogP contribution in [-0.4, -0.2) is 4.98 Å². The molecule has 0 spiro atoms. The van der Waals surface area contributed by atoms with Gasteiger partial charge in [-0.1, -0.05) is 133 Å². The second kappa shape index (κ2) is 8.62. The van der Waals surface area contributed by atoms with Gasteiger partial charge in [-0.15, -0.1) is 0 Å². The molecule has 0 fully saturated rings. The molecular formula is C31H22NP. The Hall–Kier alpha value is -3.80. The minimum Gasteiger partial charge on any atom is -0.246 e. The predicted molar refractivity (Wildman–Crippen MR) is 143 cm³/mol. The maximum Gasteiger partial charge on any atom is 0.0799 e. The van der Waals surface area contributed by atoms with Crippen molar-refractivity contribution < 1.29 is 0 Å². The van der Waals surface area contributed by atoms with E-state index in [0.29, 0.717) is 0 Å². The molecule has 0 unspecified atom stereocenters. The molecule has 0 atom stereocenters. The second-order valence-corrected chi connectivity index (χ2v) is 10.2. The Morgan fingerprint density at radius 2 is 0.939 bits per heavy atom. The van der Waals surface area contributed by atoms with Crippen LogP contribution in [0.2, 0.25) is 0 Å². The normalized spacial score (nSPS) is 11.3. The second-order valence-electron chi connectivity index (χ2n) is 8.05. The van der Waals surface area contributed by atoms with Gasteiger partial charge in [0, 0.05) is 21.6 Å². The number of hydrogen-bond donors (Lipinski definition) is 0. The molecule has 0 aliphatic rings. The molecule has 33 heavy (non-hydrogen) atoms. The molecule has 6 aromatic rings. The molecule has 0 aliphatic heterocycles. The van der Waals surface area contributed by atoms with E-state index < -0.39 is 7.92 Å². The molecule has 6 rings (SSSR count). The van der Waals surface area contributed by atoms with Gasteiger partial charge in [0.1, 0.15) is 0 Å². The van der Waals surface area contributed by atoms with Crippen LogP contribution in [0.1, 0.15) is 0 Å². The highest BCUT2D eigenvalue weighted by atomic mass is 31.1. The monoisotopic (exact) mass is 439 g/mol. The SMILES string of the molecule is c1ccc(-c2nc3c(P(c4ccccc4)c4ccccc4)cccc3c3ccccc23)cc1. The molecule has 156 valence electrons. The highest BCUT2D eigenvalue weighted by Gasteiger charge is 2.21. The molecule has 1 nitrogen and oxygen atoms in total. The van der Waals surface area contributed by atoms with Gasteiger partial charge in [0.25, 0.3) is 0 Å². The van der Waals surface area contributed by atoms with Gasteiger partial charge in [-0.2, -0.15) is 0 Å². The zero-order valence-corrected chi connectivity index (χ0v) is 19.0. The van der Waals surface area contributed by atoms with Crippen molar-refractivity contribution in [2.75, 3.05) is 0 Å². The first-order valence-corrected chi connectivity index (χ1v) is 12.5. The van der Waals surface area contributed by atoms with Crippen molar-refractivity contribution in [3.63, 3.8) is 0 Å². The molecule has 0 aliphatic carbocycles. The van der Waals surface area contributed by atoms with Crippen LogP contribution in [0.25, 0.3) is 32.9 Å². The summed E-state index contributed by atoms with van der Waals surface area (Å²) in [4.78, 5) is 5.36. The third-order valence-electron chi connectivity index (χ3n) is 6.03. The molecule has 0 amide bonds. The molecule has 0 bridgehead atoms. The lowest BCUT2D eigenvalue weighted by Crippen LogP contribution is -2.21. The standard InChI is InChI=1S/C31H22NP/c1-4-13-23(14-5-1)30-27-20-11-10-19-26(27)28-21-12-22-29(31(28)32-30)33(24-15-6-2-7-16-24)25-17-8-3-9-18-25/h1-22H. The van der Waals surface area contributed by atoms with Crippen molar-refractivity contribution in [1.82, 2.24) is 4.98 Å². The topological polar surface area (TPSA) is 12.9 Å². The molecular weight excluding hydrogens is 417 g/mol. The number of nitrogens with zero attached hydrogens (tertiary/aromatic N) is 1. The van der Waals surface area contributed by atoms with Gasteiger partial charge in [0.05, 0.1) is 11.2 Å². The van der Waals surface area contributed by atoms with Gasteiger partial charge in [-0.25, -0.2) is 4.98 Å². The summed E-state index contributed by atoms with van der Waals surface area (Å²) >= 11 is 0. The van der Waals surface area contributed by atoms with Crippen LogP contribution in [-0.2, 0) is 0 Å². The maximum absolute atomic E-state index is 5.36. The van der Waals surface area contributed by atoms with Crippen molar-refractivity contribution in [3.8, 4) is 11.3 Å². The average Bonchev–Trinajstić information content (AvgIpc) is 2.90.